The smallest absolute Gasteiger partial charge is 0.387 e. The molecule has 0 amide bonds. The lowest BCUT2D eigenvalue weighted by Crippen LogP contribution is -2.21. The number of halogens is 2. The van der Waals surface area contributed by atoms with Gasteiger partial charge >= 0.3 is 6.61 Å². The summed E-state index contributed by atoms with van der Waals surface area (Å²) in [6.07, 6.45) is -0.582. The maximum atomic E-state index is 12.0. The van der Waals surface area contributed by atoms with Crippen molar-refractivity contribution in [1.82, 2.24) is 5.32 Å². The SMILES string of the molecule is Cc1cccc(C(O)CNCc2ccc(OC(F)F)cc2)c1. The third-order valence-electron chi connectivity index (χ3n) is 3.24. The largest absolute Gasteiger partial charge is 0.435 e. The number of aliphatic hydroxyl groups is 1. The van der Waals surface area contributed by atoms with E-state index in [0.29, 0.717) is 13.1 Å². The molecule has 0 saturated carbocycles. The monoisotopic (exact) mass is 307 g/mol. The summed E-state index contributed by atoms with van der Waals surface area (Å²) in [5.41, 5.74) is 2.90. The minimum atomic E-state index is -2.81. The molecular formula is C17H19F2NO2. The fourth-order valence-corrected chi connectivity index (χ4v) is 2.14. The maximum Gasteiger partial charge on any atom is 0.387 e. The number of nitrogens with one attached hydrogen (secondary N) is 1. The van der Waals surface area contributed by atoms with Gasteiger partial charge in [-0.15, -0.1) is 0 Å². The van der Waals surface area contributed by atoms with Gasteiger partial charge in [-0.2, -0.15) is 8.78 Å². The van der Waals surface area contributed by atoms with Crippen LogP contribution in [0.3, 0.4) is 0 Å². The summed E-state index contributed by atoms with van der Waals surface area (Å²) in [6.45, 7) is 0.122. The predicted molar refractivity (Wildman–Crippen MR) is 80.9 cm³/mol. The summed E-state index contributed by atoms with van der Waals surface area (Å²) >= 11 is 0. The van der Waals surface area contributed by atoms with E-state index in [1.807, 2.05) is 31.2 Å². The molecule has 22 heavy (non-hydrogen) atoms. The van der Waals surface area contributed by atoms with E-state index in [1.54, 1.807) is 12.1 Å². The molecule has 0 radical (unpaired) electrons. The highest BCUT2D eigenvalue weighted by Gasteiger charge is 2.07. The first-order valence-electron chi connectivity index (χ1n) is 7.03. The zero-order valence-corrected chi connectivity index (χ0v) is 12.3. The van der Waals surface area contributed by atoms with Gasteiger partial charge in [0.15, 0.2) is 0 Å². The van der Waals surface area contributed by atoms with Crippen molar-refractivity contribution in [1.29, 1.82) is 0 Å². The van der Waals surface area contributed by atoms with Gasteiger partial charge in [0, 0.05) is 13.1 Å². The molecule has 0 bridgehead atoms. The van der Waals surface area contributed by atoms with Gasteiger partial charge in [0.1, 0.15) is 5.75 Å². The van der Waals surface area contributed by atoms with Gasteiger partial charge in [-0.1, -0.05) is 42.0 Å². The van der Waals surface area contributed by atoms with Crippen molar-refractivity contribution in [2.75, 3.05) is 6.54 Å². The first-order valence-corrected chi connectivity index (χ1v) is 7.03. The van der Waals surface area contributed by atoms with Crippen molar-refractivity contribution >= 4 is 0 Å². The summed E-state index contributed by atoms with van der Waals surface area (Å²) in [4.78, 5) is 0. The predicted octanol–water partition coefficient (Wildman–Crippen LogP) is 3.42. The van der Waals surface area contributed by atoms with Crippen LogP contribution in [0.15, 0.2) is 48.5 Å². The van der Waals surface area contributed by atoms with Crippen LogP contribution in [-0.4, -0.2) is 18.3 Å². The molecule has 1 atom stereocenters. The number of rotatable bonds is 7. The molecule has 0 heterocycles. The summed E-state index contributed by atoms with van der Waals surface area (Å²) in [7, 11) is 0. The summed E-state index contributed by atoms with van der Waals surface area (Å²) < 4.78 is 28.4. The molecule has 0 aliphatic rings. The van der Waals surface area contributed by atoms with Gasteiger partial charge in [0.25, 0.3) is 0 Å². The normalized spacial score (nSPS) is 12.4. The Bertz CT molecular complexity index is 587. The third-order valence-corrected chi connectivity index (χ3v) is 3.24. The lowest BCUT2D eigenvalue weighted by molar-refractivity contribution is -0.0498. The molecule has 0 aliphatic carbocycles. The van der Waals surface area contributed by atoms with Crippen molar-refractivity contribution in [3.8, 4) is 5.75 Å². The highest BCUT2D eigenvalue weighted by molar-refractivity contribution is 5.27. The van der Waals surface area contributed by atoms with Crippen molar-refractivity contribution in [2.45, 2.75) is 26.2 Å². The first-order chi connectivity index (χ1) is 10.5. The zero-order valence-electron chi connectivity index (χ0n) is 12.3. The number of ether oxygens (including phenoxy) is 1. The molecule has 3 nitrogen and oxygen atoms in total. The Kier molecular flexibility index (Phi) is 5.86. The van der Waals surface area contributed by atoms with E-state index < -0.39 is 12.7 Å². The lowest BCUT2D eigenvalue weighted by Gasteiger charge is -2.13. The van der Waals surface area contributed by atoms with Crippen molar-refractivity contribution in [3.05, 3.63) is 65.2 Å². The van der Waals surface area contributed by atoms with Crippen LogP contribution >= 0.6 is 0 Å². The van der Waals surface area contributed by atoms with Gasteiger partial charge < -0.3 is 15.2 Å². The third kappa shape index (κ3) is 5.09. The molecule has 118 valence electrons. The molecule has 0 saturated heterocycles. The van der Waals surface area contributed by atoms with Crippen LogP contribution in [0, 0.1) is 6.92 Å². The van der Waals surface area contributed by atoms with Gasteiger partial charge in [-0.3, -0.25) is 0 Å². The second kappa shape index (κ2) is 7.87. The topological polar surface area (TPSA) is 41.5 Å². The summed E-state index contributed by atoms with van der Waals surface area (Å²) in [6, 6.07) is 14.1. The van der Waals surface area contributed by atoms with E-state index in [-0.39, 0.29) is 5.75 Å². The van der Waals surface area contributed by atoms with Crippen molar-refractivity contribution < 1.29 is 18.6 Å². The summed E-state index contributed by atoms with van der Waals surface area (Å²) in [5.74, 6) is 0.138. The maximum absolute atomic E-state index is 12.0. The van der Waals surface area contributed by atoms with Crippen LogP contribution in [0.2, 0.25) is 0 Å². The minimum Gasteiger partial charge on any atom is -0.435 e. The van der Waals surface area contributed by atoms with Crippen LogP contribution in [0.4, 0.5) is 8.78 Å². The Balaban J connectivity index is 1.80. The molecule has 2 N–H and O–H groups in total. The van der Waals surface area contributed by atoms with Crippen LogP contribution in [0.5, 0.6) is 5.75 Å². The molecule has 0 aromatic heterocycles. The van der Waals surface area contributed by atoms with E-state index in [1.165, 1.54) is 12.1 Å². The molecular weight excluding hydrogens is 288 g/mol. The van der Waals surface area contributed by atoms with Gasteiger partial charge in [0.2, 0.25) is 0 Å². The second-order valence-corrected chi connectivity index (χ2v) is 5.08. The average Bonchev–Trinajstić information content (AvgIpc) is 2.48. The Labute approximate surface area is 128 Å². The zero-order chi connectivity index (χ0) is 15.9. The standard InChI is InChI=1S/C17H19F2NO2/c1-12-3-2-4-14(9-12)16(21)11-20-10-13-5-7-15(8-6-13)22-17(18)19/h2-9,16-17,20-21H,10-11H2,1H3. The van der Waals surface area contributed by atoms with Gasteiger partial charge in [0.05, 0.1) is 6.10 Å². The molecule has 5 heteroatoms. The number of hydrogen-bond acceptors (Lipinski definition) is 3. The van der Waals surface area contributed by atoms with E-state index in [4.69, 9.17) is 0 Å². The summed E-state index contributed by atoms with van der Waals surface area (Å²) in [5, 5.41) is 13.2. The molecule has 2 aromatic rings. The fourth-order valence-electron chi connectivity index (χ4n) is 2.14. The Hall–Kier alpha value is -1.98. The number of hydrogen-bond donors (Lipinski definition) is 2. The van der Waals surface area contributed by atoms with Gasteiger partial charge in [-0.25, -0.2) is 0 Å². The molecule has 0 spiro atoms. The molecule has 1 unspecified atom stereocenters. The average molecular weight is 307 g/mol. The quantitative estimate of drug-likeness (QED) is 0.823. The number of aliphatic hydroxyl groups excluding tert-OH is 1. The van der Waals surface area contributed by atoms with E-state index in [9.17, 15) is 13.9 Å². The minimum absolute atomic E-state index is 0.138. The Morgan fingerprint density at radius 1 is 1.14 bits per heavy atom. The molecule has 0 fully saturated rings. The lowest BCUT2D eigenvalue weighted by atomic mass is 10.1. The molecule has 0 aliphatic heterocycles. The first kappa shape index (κ1) is 16.4. The van der Waals surface area contributed by atoms with E-state index in [0.717, 1.165) is 16.7 Å². The number of alkyl halides is 2. The van der Waals surface area contributed by atoms with Crippen molar-refractivity contribution in [2.24, 2.45) is 0 Å². The van der Waals surface area contributed by atoms with E-state index in [2.05, 4.69) is 10.1 Å². The second-order valence-electron chi connectivity index (χ2n) is 5.08. The fraction of sp³-hybridized carbons (Fsp3) is 0.294. The van der Waals surface area contributed by atoms with Gasteiger partial charge in [-0.05, 0) is 30.2 Å². The van der Waals surface area contributed by atoms with Crippen molar-refractivity contribution in [3.63, 3.8) is 0 Å². The Morgan fingerprint density at radius 2 is 1.86 bits per heavy atom. The van der Waals surface area contributed by atoms with Crippen LogP contribution in [-0.2, 0) is 6.54 Å². The highest BCUT2D eigenvalue weighted by Crippen LogP contribution is 2.16. The van der Waals surface area contributed by atoms with Crippen LogP contribution in [0.25, 0.3) is 0 Å². The number of aryl methyl sites for hydroxylation is 1. The number of benzene rings is 2. The molecule has 2 rings (SSSR count). The molecule has 2 aromatic carbocycles. The highest BCUT2D eigenvalue weighted by atomic mass is 19.3. The van der Waals surface area contributed by atoms with Crippen LogP contribution in [0.1, 0.15) is 22.8 Å². The Morgan fingerprint density at radius 3 is 2.50 bits per heavy atom. The van der Waals surface area contributed by atoms with E-state index >= 15 is 0 Å². The van der Waals surface area contributed by atoms with Crippen LogP contribution < -0.4 is 10.1 Å².